The fourth-order valence-corrected chi connectivity index (χ4v) is 1.34. The minimum absolute atomic E-state index is 0.0214. The summed E-state index contributed by atoms with van der Waals surface area (Å²) < 4.78 is 45.4. The van der Waals surface area contributed by atoms with Crippen LogP contribution in [0.5, 0.6) is 0 Å². The minimum atomic E-state index is -4.69. The van der Waals surface area contributed by atoms with Crippen LogP contribution in [-0.4, -0.2) is 39.5 Å². The van der Waals surface area contributed by atoms with E-state index in [2.05, 4.69) is 15.0 Å². The molecule has 0 bridgehead atoms. The van der Waals surface area contributed by atoms with Crippen molar-refractivity contribution < 1.29 is 27.4 Å². The highest BCUT2D eigenvalue weighted by Gasteiger charge is 2.29. The summed E-state index contributed by atoms with van der Waals surface area (Å²) in [7, 11) is 0. The third-order valence-electron chi connectivity index (χ3n) is 2.14. The Balaban J connectivity index is 2.68. The Hall–Kier alpha value is -1.64. The molecule has 0 aliphatic carbocycles. The van der Waals surface area contributed by atoms with Crippen molar-refractivity contribution in [2.75, 3.05) is 6.61 Å². The average Bonchev–Trinajstić information content (AvgIpc) is 2.56. The average molecular weight is 295 g/mol. The highest BCUT2D eigenvalue weighted by molar-refractivity contribution is 5.88. The lowest BCUT2D eigenvalue weighted by Gasteiger charge is -2.18. The number of alkyl halides is 3. The molecule has 0 radical (unpaired) electrons. The number of hydrogen-bond acceptors (Lipinski definition) is 5. The Kier molecular flexibility index (Phi) is 4.74. The van der Waals surface area contributed by atoms with Crippen molar-refractivity contribution in [3.05, 3.63) is 11.4 Å². The Morgan fingerprint density at radius 3 is 2.40 bits per heavy atom. The highest BCUT2D eigenvalue weighted by Crippen LogP contribution is 2.16. The SMILES string of the molecule is Cc1c(C(=O)OC(C)(C)C)nnn1CCOC(F)(F)F. The van der Waals surface area contributed by atoms with Gasteiger partial charge in [-0.25, -0.2) is 9.48 Å². The first-order chi connectivity index (χ1) is 8.99. The van der Waals surface area contributed by atoms with Gasteiger partial charge < -0.3 is 4.74 Å². The summed E-state index contributed by atoms with van der Waals surface area (Å²) >= 11 is 0. The lowest BCUT2D eigenvalue weighted by molar-refractivity contribution is -0.325. The van der Waals surface area contributed by atoms with E-state index in [1.165, 1.54) is 6.92 Å². The minimum Gasteiger partial charge on any atom is -0.455 e. The van der Waals surface area contributed by atoms with Gasteiger partial charge in [-0.3, -0.25) is 4.74 Å². The predicted octanol–water partition coefficient (Wildman–Crippen LogP) is 2.08. The second kappa shape index (κ2) is 5.78. The monoisotopic (exact) mass is 295 g/mol. The molecule has 0 aromatic carbocycles. The third-order valence-corrected chi connectivity index (χ3v) is 2.14. The maximum atomic E-state index is 11.8. The van der Waals surface area contributed by atoms with Gasteiger partial charge >= 0.3 is 12.3 Å². The molecule has 1 aromatic heterocycles. The summed E-state index contributed by atoms with van der Waals surface area (Å²) in [6, 6.07) is 0. The molecule has 6 nitrogen and oxygen atoms in total. The number of aromatic nitrogens is 3. The van der Waals surface area contributed by atoms with Crippen molar-refractivity contribution in [3.63, 3.8) is 0 Å². The van der Waals surface area contributed by atoms with Crippen molar-refractivity contribution in [2.45, 2.75) is 46.2 Å². The zero-order valence-electron chi connectivity index (χ0n) is 11.6. The Morgan fingerprint density at radius 1 is 1.30 bits per heavy atom. The lowest BCUT2D eigenvalue weighted by Crippen LogP contribution is -2.24. The number of esters is 1. The van der Waals surface area contributed by atoms with E-state index in [9.17, 15) is 18.0 Å². The summed E-state index contributed by atoms with van der Waals surface area (Å²) in [6.07, 6.45) is -4.69. The molecule has 1 rings (SSSR count). The van der Waals surface area contributed by atoms with Crippen molar-refractivity contribution >= 4 is 5.97 Å². The van der Waals surface area contributed by atoms with E-state index in [1.54, 1.807) is 20.8 Å². The molecule has 0 aliphatic heterocycles. The van der Waals surface area contributed by atoms with Crippen molar-refractivity contribution in [1.82, 2.24) is 15.0 Å². The molecular weight excluding hydrogens is 279 g/mol. The van der Waals surface area contributed by atoms with Crippen LogP contribution >= 0.6 is 0 Å². The summed E-state index contributed by atoms with van der Waals surface area (Å²) in [6.45, 7) is 5.83. The number of halogens is 3. The van der Waals surface area contributed by atoms with E-state index < -0.39 is 24.5 Å². The summed E-state index contributed by atoms with van der Waals surface area (Å²) in [4.78, 5) is 11.8. The number of rotatable bonds is 4. The first-order valence-corrected chi connectivity index (χ1v) is 5.84. The zero-order chi connectivity index (χ0) is 15.6. The van der Waals surface area contributed by atoms with Crippen LogP contribution < -0.4 is 0 Å². The molecule has 0 amide bonds. The van der Waals surface area contributed by atoms with Gasteiger partial charge in [0.2, 0.25) is 0 Å². The Bertz CT molecular complexity index is 477. The standard InChI is InChI=1S/C11H16F3N3O3/c1-7-8(9(18)20-10(2,3)4)15-16-17(7)5-6-19-11(12,13)14/h5-6H2,1-4H3. The van der Waals surface area contributed by atoms with E-state index >= 15 is 0 Å². The van der Waals surface area contributed by atoms with Crippen LogP contribution in [-0.2, 0) is 16.0 Å². The fraction of sp³-hybridized carbons (Fsp3) is 0.727. The number of nitrogens with zero attached hydrogens (tertiary/aromatic N) is 3. The molecule has 114 valence electrons. The van der Waals surface area contributed by atoms with Gasteiger partial charge in [0.05, 0.1) is 18.8 Å². The van der Waals surface area contributed by atoms with Crippen molar-refractivity contribution in [1.29, 1.82) is 0 Å². The summed E-state index contributed by atoms with van der Waals surface area (Å²) in [5.74, 6) is -0.669. The van der Waals surface area contributed by atoms with Crippen LogP contribution in [0.2, 0.25) is 0 Å². The summed E-state index contributed by atoms with van der Waals surface area (Å²) in [5, 5.41) is 7.22. The molecule has 0 aliphatic rings. The van der Waals surface area contributed by atoms with E-state index in [1.807, 2.05) is 0 Å². The van der Waals surface area contributed by atoms with Gasteiger partial charge in [0.15, 0.2) is 5.69 Å². The van der Waals surface area contributed by atoms with Gasteiger partial charge in [-0.1, -0.05) is 5.21 Å². The van der Waals surface area contributed by atoms with Crippen LogP contribution in [0.4, 0.5) is 13.2 Å². The van der Waals surface area contributed by atoms with Gasteiger partial charge in [-0.05, 0) is 27.7 Å². The highest BCUT2D eigenvalue weighted by atomic mass is 19.4. The number of ether oxygens (including phenoxy) is 2. The topological polar surface area (TPSA) is 66.2 Å². The van der Waals surface area contributed by atoms with Crippen molar-refractivity contribution in [3.8, 4) is 0 Å². The lowest BCUT2D eigenvalue weighted by atomic mass is 10.2. The van der Waals surface area contributed by atoms with Crippen LogP contribution in [0.3, 0.4) is 0 Å². The van der Waals surface area contributed by atoms with E-state index in [0.717, 1.165) is 4.68 Å². The second-order valence-electron chi connectivity index (χ2n) is 5.04. The predicted molar refractivity (Wildman–Crippen MR) is 61.9 cm³/mol. The first-order valence-electron chi connectivity index (χ1n) is 5.84. The molecule has 20 heavy (non-hydrogen) atoms. The smallest absolute Gasteiger partial charge is 0.455 e. The third kappa shape index (κ3) is 5.16. The van der Waals surface area contributed by atoms with Gasteiger partial charge in [0.1, 0.15) is 5.60 Å². The van der Waals surface area contributed by atoms with Gasteiger partial charge in [-0.2, -0.15) is 0 Å². The van der Waals surface area contributed by atoms with Gasteiger partial charge in [0.25, 0.3) is 0 Å². The molecule has 0 fully saturated rings. The van der Waals surface area contributed by atoms with Crippen LogP contribution in [0.1, 0.15) is 37.0 Å². The van der Waals surface area contributed by atoms with Crippen LogP contribution in [0.25, 0.3) is 0 Å². The van der Waals surface area contributed by atoms with Crippen LogP contribution in [0, 0.1) is 6.92 Å². The quantitative estimate of drug-likeness (QED) is 0.796. The van der Waals surface area contributed by atoms with E-state index in [0.29, 0.717) is 5.69 Å². The largest absolute Gasteiger partial charge is 0.522 e. The van der Waals surface area contributed by atoms with E-state index in [4.69, 9.17) is 4.74 Å². The molecule has 0 unspecified atom stereocenters. The molecule has 0 saturated carbocycles. The number of carbonyl (C=O) groups is 1. The second-order valence-corrected chi connectivity index (χ2v) is 5.04. The normalized spacial score (nSPS) is 12.6. The maximum Gasteiger partial charge on any atom is 0.522 e. The van der Waals surface area contributed by atoms with Gasteiger partial charge in [-0.15, -0.1) is 18.3 Å². The summed E-state index contributed by atoms with van der Waals surface area (Å²) in [5.41, 5.74) is -0.385. The zero-order valence-corrected chi connectivity index (χ0v) is 11.6. The van der Waals surface area contributed by atoms with Crippen LogP contribution in [0.15, 0.2) is 0 Å². The number of hydrogen-bond donors (Lipinski definition) is 0. The van der Waals surface area contributed by atoms with Gasteiger partial charge in [0, 0.05) is 0 Å². The molecular formula is C11H16F3N3O3. The molecule has 0 saturated heterocycles. The molecule has 9 heteroatoms. The fourth-order valence-electron chi connectivity index (χ4n) is 1.34. The Morgan fingerprint density at radius 2 is 1.90 bits per heavy atom. The molecule has 1 aromatic rings. The molecule has 0 atom stereocenters. The molecule has 1 heterocycles. The van der Waals surface area contributed by atoms with Crippen molar-refractivity contribution in [2.24, 2.45) is 0 Å². The molecule has 0 spiro atoms. The maximum absolute atomic E-state index is 11.8. The molecule has 0 N–H and O–H groups in total. The number of carbonyl (C=O) groups excluding carboxylic acids is 1. The Labute approximate surface area is 113 Å². The first kappa shape index (κ1) is 16.4. The van der Waals surface area contributed by atoms with E-state index in [-0.39, 0.29) is 12.2 Å².